The molecule has 0 bridgehead atoms. The summed E-state index contributed by atoms with van der Waals surface area (Å²) in [5.41, 5.74) is -0.708. The van der Waals surface area contributed by atoms with Gasteiger partial charge in [-0.2, -0.15) is 13.2 Å². The van der Waals surface area contributed by atoms with Crippen LogP contribution < -0.4 is 0 Å². The minimum Gasteiger partial charge on any atom is -0.207 e. The van der Waals surface area contributed by atoms with Crippen molar-refractivity contribution in [2.45, 2.75) is 25.9 Å². The maximum Gasteiger partial charge on any atom is 0.416 e. The van der Waals surface area contributed by atoms with Gasteiger partial charge in [0.05, 0.1) is 5.56 Å². The molecule has 0 atom stereocenters. The number of aryl methyl sites for hydroxylation is 1. The van der Waals surface area contributed by atoms with Gasteiger partial charge in [0.1, 0.15) is 5.82 Å². The van der Waals surface area contributed by atoms with Crippen molar-refractivity contribution in [2.24, 2.45) is 0 Å². The summed E-state index contributed by atoms with van der Waals surface area (Å²) < 4.78 is 49.8. The van der Waals surface area contributed by atoms with Crippen molar-refractivity contribution >= 4 is 0 Å². The average molecular weight is 206 g/mol. The third kappa shape index (κ3) is 2.47. The number of hydrogen-bond donors (Lipinski definition) is 0. The van der Waals surface area contributed by atoms with Crippen molar-refractivity contribution in [1.82, 2.24) is 0 Å². The maximum absolute atomic E-state index is 12.6. The first-order valence-electron chi connectivity index (χ1n) is 4.30. The summed E-state index contributed by atoms with van der Waals surface area (Å²) in [6.45, 7) is 1.78. The van der Waals surface area contributed by atoms with E-state index in [0.717, 1.165) is 6.07 Å². The summed E-state index contributed by atoms with van der Waals surface area (Å²) in [6, 6.07) is 2.80. The molecule has 1 aromatic rings. The molecule has 1 rings (SSSR count). The molecule has 0 N–H and O–H groups in total. The van der Waals surface area contributed by atoms with E-state index in [0.29, 0.717) is 18.9 Å². The fourth-order valence-electron chi connectivity index (χ4n) is 1.30. The van der Waals surface area contributed by atoms with Crippen molar-refractivity contribution in [3.8, 4) is 0 Å². The second kappa shape index (κ2) is 3.98. The van der Waals surface area contributed by atoms with Gasteiger partial charge in [-0.3, -0.25) is 0 Å². The van der Waals surface area contributed by atoms with Crippen LogP contribution in [0.5, 0.6) is 0 Å². The van der Waals surface area contributed by atoms with Crippen molar-refractivity contribution in [1.29, 1.82) is 0 Å². The Hall–Kier alpha value is -1.06. The molecule has 4 heteroatoms. The zero-order chi connectivity index (χ0) is 10.8. The van der Waals surface area contributed by atoms with E-state index >= 15 is 0 Å². The van der Waals surface area contributed by atoms with Crippen LogP contribution in [0.2, 0.25) is 0 Å². The molecule has 0 unspecified atom stereocenters. The van der Waals surface area contributed by atoms with Crippen molar-refractivity contribution in [3.63, 3.8) is 0 Å². The smallest absolute Gasteiger partial charge is 0.207 e. The molecule has 0 aliphatic rings. The van der Waals surface area contributed by atoms with Gasteiger partial charge in [0.2, 0.25) is 0 Å². The lowest BCUT2D eigenvalue weighted by Crippen LogP contribution is -2.09. The van der Waals surface area contributed by atoms with Gasteiger partial charge >= 0.3 is 6.18 Å². The second-order valence-corrected chi connectivity index (χ2v) is 3.05. The van der Waals surface area contributed by atoms with Gasteiger partial charge in [-0.05, 0) is 24.1 Å². The molecule has 0 heterocycles. The summed E-state index contributed by atoms with van der Waals surface area (Å²) >= 11 is 0. The molecule has 0 fully saturated rings. The number of rotatable bonds is 2. The Morgan fingerprint density at radius 2 is 1.86 bits per heavy atom. The zero-order valence-electron chi connectivity index (χ0n) is 7.66. The highest BCUT2D eigenvalue weighted by molar-refractivity contribution is 5.30. The van der Waals surface area contributed by atoms with Crippen LogP contribution >= 0.6 is 0 Å². The van der Waals surface area contributed by atoms with Crippen LogP contribution in [-0.2, 0) is 12.6 Å². The first-order valence-corrected chi connectivity index (χ1v) is 4.30. The molecule has 78 valence electrons. The Kier molecular flexibility index (Phi) is 3.13. The Bertz CT molecular complexity index is 314. The van der Waals surface area contributed by atoms with E-state index in [1.54, 1.807) is 6.92 Å². The van der Waals surface area contributed by atoms with Crippen LogP contribution in [0.4, 0.5) is 17.6 Å². The van der Waals surface area contributed by atoms with Gasteiger partial charge in [0, 0.05) is 0 Å². The van der Waals surface area contributed by atoms with Gasteiger partial charge < -0.3 is 0 Å². The highest BCUT2D eigenvalue weighted by Crippen LogP contribution is 2.32. The normalized spacial score (nSPS) is 11.8. The lowest BCUT2D eigenvalue weighted by Gasteiger charge is -2.11. The first-order chi connectivity index (χ1) is 6.45. The van der Waals surface area contributed by atoms with Gasteiger partial charge in [0.25, 0.3) is 0 Å². The summed E-state index contributed by atoms with van der Waals surface area (Å²) in [5.74, 6) is -0.850. The summed E-state index contributed by atoms with van der Waals surface area (Å²) in [7, 11) is 0. The molecule has 0 nitrogen and oxygen atoms in total. The number of halogens is 4. The monoisotopic (exact) mass is 206 g/mol. The summed E-state index contributed by atoms with van der Waals surface area (Å²) in [4.78, 5) is 0. The molecule has 0 aliphatic heterocycles. The Morgan fingerprint density at radius 1 is 1.21 bits per heavy atom. The van der Waals surface area contributed by atoms with E-state index in [9.17, 15) is 17.6 Å². The van der Waals surface area contributed by atoms with E-state index in [1.165, 1.54) is 6.07 Å². The molecule has 0 aromatic heterocycles. The fourth-order valence-corrected chi connectivity index (χ4v) is 1.30. The van der Waals surface area contributed by atoms with E-state index in [4.69, 9.17) is 0 Å². The standard InChI is InChI=1S/C10H10F4/c1-2-3-7-4-5-8(11)6-9(7)10(12,13)14/h4-6H,2-3H2,1H3. The average Bonchev–Trinajstić information content (AvgIpc) is 2.07. The van der Waals surface area contributed by atoms with Crippen molar-refractivity contribution < 1.29 is 17.6 Å². The van der Waals surface area contributed by atoms with Gasteiger partial charge in [-0.15, -0.1) is 0 Å². The van der Waals surface area contributed by atoms with Gasteiger partial charge in [0.15, 0.2) is 0 Å². The molecular formula is C10H10F4. The molecule has 0 saturated carbocycles. The van der Waals surface area contributed by atoms with Gasteiger partial charge in [-0.25, -0.2) is 4.39 Å². The van der Waals surface area contributed by atoms with Crippen LogP contribution in [-0.4, -0.2) is 0 Å². The highest BCUT2D eigenvalue weighted by atomic mass is 19.4. The molecule has 0 spiro atoms. The Morgan fingerprint density at radius 3 is 2.36 bits per heavy atom. The van der Waals surface area contributed by atoms with Crippen molar-refractivity contribution in [2.75, 3.05) is 0 Å². The van der Waals surface area contributed by atoms with Crippen LogP contribution in [0.25, 0.3) is 0 Å². The molecule has 0 saturated heterocycles. The maximum atomic E-state index is 12.6. The Balaban J connectivity index is 3.16. The van der Waals surface area contributed by atoms with E-state index in [1.807, 2.05) is 0 Å². The van der Waals surface area contributed by atoms with E-state index in [2.05, 4.69) is 0 Å². The zero-order valence-corrected chi connectivity index (χ0v) is 7.66. The topological polar surface area (TPSA) is 0 Å². The largest absolute Gasteiger partial charge is 0.416 e. The number of hydrogen-bond acceptors (Lipinski definition) is 0. The molecule has 14 heavy (non-hydrogen) atoms. The molecule has 0 aliphatic carbocycles. The summed E-state index contributed by atoms with van der Waals surface area (Å²) in [5, 5.41) is 0. The third-order valence-corrected chi connectivity index (χ3v) is 1.90. The first kappa shape index (κ1) is 11.0. The third-order valence-electron chi connectivity index (χ3n) is 1.90. The number of benzene rings is 1. The van der Waals surface area contributed by atoms with Crippen LogP contribution in [0.3, 0.4) is 0 Å². The summed E-state index contributed by atoms with van der Waals surface area (Å²) in [6.07, 6.45) is -3.55. The van der Waals surface area contributed by atoms with Crippen LogP contribution in [0, 0.1) is 5.82 Å². The fraction of sp³-hybridized carbons (Fsp3) is 0.400. The van der Waals surface area contributed by atoms with Gasteiger partial charge in [-0.1, -0.05) is 19.4 Å². The van der Waals surface area contributed by atoms with E-state index < -0.39 is 17.6 Å². The van der Waals surface area contributed by atoms with E-state index in [-0.39, 0.29) is 5.56 Å². The second-order valence-electron chi connectivity index (χ2n) is 3.05. The molecule has 0 amide bonds. The van der Waals surface area contributed by atoms with Crippen molar-refractivity contribution in [3.05, 3.63) is 35.1 Å². The van der Waals surface area contributed by atoms with Crippen LogP contribution in [0.1, 0.15) is 24.5 Å². The predicted molar refractivity (Wildman–Crippen MR) is 45.4 cm³/mol. The lowest BCUT2D eigenvalue weighted by atomic mass is 10.0. The molecule has 0 radical (unpaired) electrons. The molecule has 1 aromatic carbocycles. The van der Waals surface area contributed by atoms with Crippen LogP contribution in [0.15, 0.2) is 18.2 Å². The highest BCUT2D eigenvalue weighted by Gasteiger charge is 2.33. The number of alkyl halides is 3. The predicted octanol–water partition coefficient (Wildman–Crippen LogP) is 3.80. The quantitative estimate of drug-likeness (QED) is 0.645. The lowest BCUT2D eigenvalue weighted by molar-refractivity contribution is -0.138. The molecular weight excluding hydrogens is 196 g/mol. The minimum atomic E-state index is -4.47. The SMILES string of the molecule is CCCc1ccc(F)cc1C(F)(F)F. The Labute approximate surface area is 79.6 Å². The minimum absolute atomic E-state index is 0.154.